The molecule has 0 radical (unpaired) electrons. The van der Waals surface area contributed by atoms with Crippen LogP contribution in [0.4, 0.5) is 5.69 Å². The number of pyridine rings is 1. The minimum absolute atomic E-state index is 0.0258. The fraction of sp³-hybridized carbons (Fsp3) is 0.200. The minimum Gasteiger partial charge on any atom is -0.497 e. The number of amidine groups is 1. The molecule has 2 aromatic rings. The predicted octanol–water partition coefficient (Wildman–Crippen LogP) is 2.01. The summed E-state index contributed by atoms with van der Waals surface area (Å²) in [5.41, 5.74) is 8.05. The fourth-order valence-electron chi connectivity index (χ4n) is 2.00. The number of nitrogen functional groups attached to an aromatic ring is 1. The monoisotopic (exact) mass is 270 g/mol. The Bertz CT molecular complexity index is 595. The van der Waals surface area contributed by atoms with E-state index in [1.165, 1.54) is 0 Å². The molecule has 5 heteroatoms. The number of ether oxygens (including phenoxy) is 1. The Hall–Kier alpha value is -2.56. The molecule has 0 aliphatic carbocycles. The van der Waals surface area contributed by atoms with E-state index in [0.29, 0.717) is 12.2 Å². The average molecular weight is 270 g/mol. The van der Waals surface area contributed by atoms with Crippen LogP contribution in [-0.4, -0.2) is 25.0 Å². The summed E-state index contributed by atoms with van der Waals surface area (Å²) in [6.07, 6.45) is 1.64. The Labute approximate surface area is 118 Å². The second kappa shape index (κ2) is 6.06. The molecule has 1 heterocycles. The molecule has 3 N–H and O–H groups in total. The maximum absolute atomic E-state index is 7.57. The lowest BCUT2D eigenvalue weighted by molar-refractivity contribution is 0.414. The first-order valence-corrected chi connectivity index (χ1v) is 6.25. The average Bonchev–Trinajstić information content (AvgIpc) is 2.48. The van der Waals surface area contributed by atoms with Crippen LogP contribution in [0.5, 0.6) is 5.75 Å². The number of nitrogens with two attached hydrogens (primary N) is 1. The van der Waals surface area contributed by atoms with E-state index in [-0.39, 0.29) is 5.84 Å². The van der Waals surface area contributed by atoms with E-state index in [4.69, 9.17) is 15.9 Å². The van der Waals surface area contributed by atoms with Gasteiger partial charge < -0.3 is 15.4 Å². The van der Waals surface area contributed by atoms with Crippen molar-refractivity contribution in [3.8, 4) is 5.75 Å². The molecule has 0 saturated heterocycles. The number of hydrogen-bond donors (Lipinski definition) is 2. The summed E-state index contributed by atoms with van der Waals surface area (Å²) in [7, 11) is 3.60. The van der Waals surface area contributed by atoms with Gasteiger partial charge in [-0.05, 0) is 29.8 Å². The van der Waals surface area contributed by atoms with Crippen LogP contribution in [0.1, 0.15) is 11.3 Å². The Morgan fingerprint density at radius 1 is 1.30 bits per heavy atom. The van der Waals surface area contributed by atoms with Gasteiger partial charge in [0.25, 0.3) is 0 Å². The number of nitrogens with zero attached hydrogens (tertiary/aromatic N) is 2. The van der Waals surface area contributed by atoms with Crippen molar-refractivity contribution in [3.05, 3.63) is 53.9 Å². The minimum atomic E-state index is -0.0258. The number of hydrogen-bond acceptors (Lipinski definition) is 4. The van der Waals surface area contributed by atoms with Gasteiger partial charge in [-0.25, -0.2) is 0 Å². The van der Waals surface area contributed by atoms with E-state index in [1.54, 1.807) is 13.3 Å². The Balaban J connectivity index is 2.19. The maximum Gasteiger partial charge on any atom is 0.143 e. The molecule has 0 saturated carbocycles. The lowest BCUT2D eigenvalue weighted by Gasteiger charge is -2.21. The van der Waals surface area contributed by atoms with Crippen LogP contribution in [0.15, 0.2) is 42.6 Å². The zero-order chi connectivity index (χ0) is 14.5. The highest BCUT2D eigenvalue weighted by atomic mass is 16.5. The van der Waals surface area contributed by atoms with E-state index in [0.717, 1.165) is 17.0 Å². The van der Waals surface area contributed by atoms with Crippen LogP contribution in [0.3, 0.4) is 0 Å². The van der Waals surface area contributed by atoms with Crippen molar-refractivity contribution >= 4 is 11.5 Å². The third kappa shape index (κ3) is 3.06. The first-order chi connectivity index (χ1) is 9.61. The molecular weight excluding hydrogens is 252 g/mol. The molecule has 0 atom stereocenters. The molecule has 2 rings (SSSR count). The van der Waals surface area contributed by atoms with Gasteiger partial charge in [-0.15, -0.1) is 0 Å². The van der Waals surface area contributed by atoms with E-state index < -0.39 is 0 Å². The maximum atomic E-state index is 7.57. The molecule has 20 heavy (non-hydrogen) atoms. The second-order valence-corrected chi connectivity index (χ2v) is 4.49. The molecule has 0 aliphatic heterocycles. The van der Waals surface area contributed by atoms with Crippen molar-refractivity contribution in [3.63, 3.8) is 0 Å². The first kappa shape index (κ1) is 13.9. The van der Waals surface area contributed by atoms with Crippen molar-refractivity contribution in [2.75, 3.05) is 19.1 Å². The van der Waals surface area contributed by atoms with E-state index in [1.807, 2.05) is 48.3 Å². The highest BCUT2D eigenvalue weighted by Crippen LogP contribution is 2.19. The number of anilines is 1. The largest absolute Gasteiger partial charge is 0.497 e. The van der Waals surface area contributed by atoms with Crippen molar-refractivity contribution in [2.45, 2.75) is 6.54 Å². The van der Waals surface area contributed by atoms with Gasteiger partial charge in [0, 0.05) is 19.8 Å². The van der Waals surface area contributed by atoms with Gasteiger partial charge in [0.05, 0.1) is 12.8 Å². The highest BCUT2D eigenvalue weighted by molar-refractivity contribution is 5.98. The Morgan fingerprint density at radius 3 is 2.60 bits per heavy atom. The van der Waals surface area contributed by atoms with Crippen molar-refractivity contribution < 1.29 is 4.74 Å². The van der Waals surface area contributed by atoms with Gasteiger partial charge in [-0.2, -0.15) is 0 Å². The third-order valence-corrected chi connectivity index (χ3v) is 3.03. The summed E-state index contributed by atoms with van der Waals surface area (Å²) >= 11 is 0. The molecule has 104 valence electrons. The van der Waals surface area contributed by atoms with Gasteiger partial charge in [-0.3, -0.25) is 10.4 Å². The predicted molar refractivity (Wildman–Crippen MR) is 80.4 cm³/mol. The number of aromatic nitrogens is 1. The van der Waals surface area contributed by atoms with Gasteiger partial charge in [-0.1, -0.05) is 12.1 Å². The topological polar surface area (TPSA) is 75.2 Å². The van der Waals surface area contributed by atoms with Crippen LogP contribution < -0.4 is 15.4 Å². The number of methoxy groups -OCH3 is 1. The molecule has 0 unspecified atom stereocenters. The first-order valence-electron chi connectivity index (χ1n) is 6.25. The quantitative estimate of drug-likeness (QED) is 0.643. The van der Waals surface area contributed by atoms with Crippen molar-refractivity contribution in [2.24, 2.45) is 5.73 Å². The molecule has 0 aliphatic rings. The summed E-state index contributed by atoms with van der Waals surface area (Å²) in [6.45, 7) is 0.704. The lowest BCUT2D eigenvalue weighted by atomic mass is 10.2. The number of nitrogens with one attached hydrogen (secondary N) is 1. The van der Waals surface area contributed by atoms with E-state index in [2.05, 4.69) is 4.98 Å². The molecule has 0 fully saturated rings. The fourth-order valence-corrected chi connectivity index (χ4v) is 2.00. The molecular formula is C15H18N4O. The molecule has 1 aromatic carbocycles. The number of benzene rings is 1. The van der Waals surface area contributed by atoms with Gasteiger partial charge in [0.1, 0.15) is 17.3 Å². The van der Waals surface area contributed by atoms with Crippen molar-refractivity contribution in [1.29, 1.82) is 5.41 Å². The highest BCUT2D eigenvalue weighted by Gasteiger charge is 2.10. The van der Waals surface area contributed by atoms with Gasteiger partial charge >= 0.3 is 0 Å². The van der Waals surface area contributed by atoms with E-state index >= 15 is 0 Å². The van der Waals surface area contributed by atoms with Crippen LogP contribution >= 0.6 is 0 Å². The zero-order valence-corrected chi connectivity index (χ0v) is 11.6. The number of rotatable bonds is 5. The molecule has 1 aromatic heterocycles. The summed E-state index contributed by atoms with van der Waals surface area (Å²) in [5, 5.41) is 7.57. The molecule has 0 bridgehead atoms. The zero-order valence-electron chi connectivity index (χ0n) is 11.6. The Morgan fingerprint density at radius 2 is 2.00 bits per heavy atom. The van der Waals surface area contributed by atoms with Crippen LogP contribution in [-0.2, 0) is 6.54 Å². The smallest absolute Gasteiger partial charge is 0.143 e. The standard InChI is InChI=1S/C15H18N4O/c1-19(10-11-5-7-12(20-2)8-6-11)13-4-3-9-18-14(13)15(16)17/h3-9H,10H2,1-2H3,(H3,16,17). The molecule has 0 spiro atoms. The van der Waals surface area contributed by atoms with Gasteiger partial charge in [0.15, 0.2) is 0 Å². The third-order valence-electron chi connectivity index (χ3n) is 3.03. The SMILES string of the molecule is COc1ccc(CN(C)c2cccnc2C(=N)N)cc1. The lowest BCUT2D eigenvalue weighted by Crippen LogP contribution is -2.23. The summed E-state index contributed by atoms with van der Waals surface area (Å²) in [6, 6.07) is 11.6. The summed E-state index contributed by atoms with van der Waals surface area (Å²) in [5.74, 6) is 0.810. The summed E-state index contributed by atoms with van der Waals surface area (Å²) < 4.78 is 5.14. The Kier molecular flexibility index (Phi) is 4.20. The van der Waals surface area contributed by atoms with E-state index in [9.17, 15) is 0 Å². The summed E-state index contributed by atoms with van der Waals surface area (Å²) in [4.78, 5) is 6.18. The van der Waals surface area contributed by atoms with Crippen LogP contribution in [0, 0.1) is 5.41 Å². The van der Waals surface area contributed by atoms with Crippen LogP contribution in [0.2, 0.25) is 0 Å². The van der Waals surface area contributed by atoms with Crippen molar-refractivity contribution in [1.82, 2.24) is 4.98 Å². The van der Waals surface area contributed by atoms with Crippen LogP contribution in [0.25, 0.3) is 0 Å². The normalized spacial score (nSPS) is 10.1. The molecule has 0 amide bonds. The van der Waals surface area contributed by atoms with Gasteiger partial charge in [0.2, 0.25) is 0 Å². The second-order valence-electron chi connectivity index (χ2n) is 4.49. The molecule has 5 nitrogen and oxygen atoms in total.